The van der Waals surface area contributed by atoms with Gasteiger partial charge in [-0.15, -0.1) is 0 Å². The fraction of sp³-hybridized carbons (Fsp3) is 0.667. The largest absolute Gasteiger partial charge is 0.345 e. The van der Waals surface area contributed by atoms with E-state index in [1.807, 2.05) is 11.3 Å². The van der Waals surface area contributed by atoms with Crippen molar-refractivity contribution in [3.63, 3.8) is 0 Å². The Balaban J connectivity index is 1.31. The fourth-order valence-corrected chi connectivity index (χ4v) is 5.96. The average Bonchev–Trinajstić information content (AvgIpc) is 3.12. The molecule has 1 atom stereocenters. The molecule has 0 radical (unpaired) electrons. The highest BCUT2D eigenvalue weighted by atomic mass is 32.1. The van der Waals surface area contributed by atoms with E-state index in [9.17, 15) is 0 Å². The third-order valence-electron chi connectivity index (χ3n) is 6.40. The highest BCUT2D eigenvalue weighted by Crippen LogP contribution is 2.32. The second-order valence-corrected chi connectivity index (χ2v) is 9.28. The second-order valence-electron chi connectivity index (χ2n) is 8.27. The molecule has 0 bridgehead atoms. The van der Waals surface area contributed by atoms with Crippen molar-refractivity contribution in [1.82, 2.24) is 14.8 Å². The molecule has 5 rings (SSSR count). The van der Waals surface area contributed by atoms with Crippen molar-refractivity contribution in [3.05, 3.63) is 23.8 Å². The summed E-state index contributed by atoms with van der Waals surface area (Å²) in [4.78, 5) is 12.8. The molecule has 0 amide bonds. The lowest BCUT2D eigenvalue weighted by atomic mass is 10.00. The molecule has 3 saturated heterocycles. The van der Waals surface area contributed by atoms with Gasteiger partial charge in [-0.05, 0) is 63.0 Å². The maximum atomic E-state index is 4.97. The van der Waals surface area contributed by atoms with E-state index in [2.05, 4.69) is 32.9 Å². The van der Waals surface area contributed by atoms with Gasteiger partial charge in [-0.3, -0.25) is 9.80 Å². The van der Waals surface area contributed by atoms with Crippen LogP contribution in [0, 0.1) is 0 Å². The summed E-state index contributed by atoms with van der Waals surface area (Å²) in [5, 5.41) is 1.24. The maximum absolute atomic E-state index is 4.97. The third-order valence-corrected chi connectivity index (χ3v) is 7.48. The van der Waals surface area contributed by atoms with Crippen molar-refractivity contribution in [3.8, 4) is 0 Å². The van der Waals surface area contributed by atoms with Crippen LogP contribution in [-0.2, 0) is 6.54 Å². The van der Waals surface area contributed by atoms with E-state index >= 15 is 0 Å². The molecule has 3 fully saturated rings. The zero-order valence-corrected chi connectivity index (χ0v) is 16.5. The van der Waals surface area contributed by atoms with Crippen LogP contribution in [0.2, 0.25) is 0 Å². The number of fused-ring (bicyclic) bond motifs is 2. The first-order valence-corrected chi connectivity index (χ1v) is 11.3. The summed E-state index contributed by atoms with van der Waals surface area (Å²) < 4.78 is 1.36. The van der Waals surface area contributed by atoms with Gasteiger partial charge in [0.25, 0.3) is 0 Å². The first-order chi connectivity index (χ1) is 12.8. The van der Waals surface area contributed by atoms with E-state index in [0.717, 1.165) is 19.1 Å². The Morgan fingerprint density at radius 3 is 2.77 bits per heavy atom. The molecular formula is C21H30N4S. The van der Waals surface area contributed by atoms with Gasteiger partial charge in [-0.2, -0.15) is 0 Å². The number of piperazine rings is 1. The molecule has 5 heteroatoms. The monoisotopic (exact) mass is 370 g/mol. The van der Waals surface area contributed by atoms with Gasteiger partial charge in [-0.25, -0.2) is 4.98 Å². The highest BCUT2D eigenvalue weighted by molar-refractivity contribution is 7.22. The molecule has 3 aliphatic heterocycles. The third kappa shape index (κ3) is 3.49. The van der Waals surface area contributed by atoms with Crippen LogP contribution in [0.1, 0.15) is 44.1 Å². The van der Waals surface area contributed by atoms with Crippen LogP contribution in [0.25, 0.3) is 10.2 Å². The fourth-order valence-electron chi connectivity index (χ4n) is 4.90. The summed E-state index contributed by atoms with van der Waals surface area (Å²) in [6.45, 7) is 8.44. The Labute approximate surface area is 160 Å². The number of piperidine rings is 2. The van der Waals surface area contributed by atoms with Crippen molar-refractivity contribution < 1.29 is 0 Å². The Morgan fingerprint density at radius 1 is 0.962 bits per heavy atom. The maximum Gasteiger partial charge on any atom is 0.186 e. The van der Waals surface area contributed by atoms with E-state index < -0.39 is 0 Å². The van der Waals surface area contributed by atoms with Gasteiger partial charge in [-0.1, -0.05) is 30.2 Å². The average molecular weight is 371 g/mol. The molecule has 26 heavy (non-hydrogen) atoms. The lowest BCUT2D eigenvalue weighted by Crippen LogP contribution is -2.54. The smallest absolute Gasteiger partial charge is 0.186 e. The summed E-state index contributed by atoms with van der Waals surface area (Å²) in [6, 6.07) is 7.67. The molecule has 0 spiro atoms. The minimum atomic E-state index is 0.749. The Kier molecular flexibility index (Phi) is 4.86. The van der Waals surface area contributed by atoms with Gasteiger partial charge in [0, 0.05) is 32.2 Å². The van der Waals surface area contributed by atoms with Crippen LogP contribution in [0.15, 0.2) is 18.2 Å². The molecule has 0 N–H and O–H groups in total. The molecule has 1 unspecified atom stereocenters. The van der Waals surface area contributed by atoms with Crippen molar-refractivity contribution >= 4 is 26.7 Å². The summed E-state index contributed by atoms with van der Waals surface area (Å²) in [5.74, 6) is 0. The number of anilines is 1. The predicted molar refractivity (Wildman–Crippen MR) is 110 cm³/mol. The van der Waals surface area contributed by atoms with Crippen molar-refractivity contribution in [2.75, 3.05) is 44.2 Å². The van der Waals surface area contributed by atoms with E-state index in [4.69, 9.17) is 4.98 Å². The summed E-state index contributed by atoms with van der Waals surface area (Å²) in [7, 11) is 0. The Bertz CT molecular complexity index is 752. The molecule has 140 valence electrons. The number of likely N-dealkylation sites (tertiary alicyclic amines) is 1. The first kappa shape index (κ1) is 17.0. The molecule has 2 aromatic rings. The van der Waals surface area contributed by atoms with E-state index in [1.54, 1.807) is 0 Å². The molecule has 1 aromatic heterocycles. The number of hydrogen-bond donors (Lipinski definition) is 0. The van der Waals surface area contributed by atoms with Crippen molar-refractivity contribution in [2.24, 2.45) is 0 Å². The van der Waals surface area contributed by atoms with Crippen LogP contribution in [-0.4, -0.2) is 60.1 Å². The summed E-state index contributed by atoms with van der Waals surface area (Å²) >= 11 is 1.90. The number of aromatic nitrogens is 1. The van der Waals surface area contributed by atoms with Crippen LogP contribution in [0.5, 0.6) is 0 Å². The number of benzene rings is 1. The number of thiazole rings is 1. The summed E-state index contributed by atoms with van der Waals surface area (Å²) in [5.41, 5.74) is 2.63. The van der Waals surface area contributed by atoms with Gasteiger partial charge in [0.15, 0.2) is 5.13 Å². The van der Waals surface area contributed by atoms with Crippen LogP contribution < -0.4 is 4.90 Å². The second kappa shape index (κ2) is 7.45. The number of rotatable bonds is 3. The molecule has 4 heterocycles. The van der Waals surface area contributed by atoms with Gasteiger partial charge in [0.1, 0.15) is 0 Å². The summed E-state index contributed by atoms with van der Waals surface area (Å²) in [6.07, 6.45) is 8.27. The zero-order valence-electron chi connectivity index (χ0n) is 15.7. The molecule has 3 aliphatic rings. The minimum Gasteiger partial charge on any atom is -0.345 e. The van der Waals surface area contributed by atoms with Gasteiger partial charge >= 0.3 is 0 Å². The van der Waals surface area contributed by atoms with Crippen molar-refractivity contribution in [1.29, 1.82) is 0 Å². The molecule has 0 aliphatic carbocycles. The quantitative estimate of drug-likeness (QED) is 0.816. The molecule has 0 saturated carbocycles. The molecule has 1 aromatic carbocycles. The van der Waals surface area contributed by atoms with Gasteiger partial charge < -0.3 is 4.90 Å². The molecule has 4 nitrogen and oxygen atoms in total. The standard InChI is InChI=1S/C21H30N4S/c1-3-9-23(10-4-1)15-17-7-8-19-20(14-17)26-21(22-19)25-13-12-24-11-5-2-6-18(24)16-25/h7-8,14,18H,1-6,9-13,15-16H2. The predicted octanol–water partition coefficient (Wildman–Crippen LogP) is 3.96. The SMILES string of the molecule is c1cc2nc(N3CCN4CCCCC4C3)sc2cc1CN1CCCCC1. The topological polar surface area (TPSA) is 22.6 Å². The van der Waals surface area contributed by atoms with Gasteiger partial charge in [0.05, 0.1) is 10.2 Å². The van der Waals surface area contributed by atoms with Crippen LogP contribution >= 0.6 is 11.3 Å². The minimum absolute atomic E-state index is 0.749. The Hall–Kier alpha value is -1.17. The Morgan fingerprint density at radius 2 is 1.85 bits per heavy atom. The molecular weight excluding hydrogens is 340 g/mol. The van der Waals surface area contributed by atoms with Crippen molar-refractivity contribution in [2.45, 2.75) is 51.1 Å². The van der Waals surface area contributed by atoms with E-state index in [1.165, 1.54) is 92.2 Å². The van der Waals surface area contributed by atoms with Crippen LogP contribution in [0.4, 0.5) is 5.13 Å². The van der Waals surface area contributed by atoms with Gasteiger partial charge in [0.2, 0.25) is 0 Å². The highest BCUT2D eigenvalue weighted by Gasteiger charge is 2.30. The first-order valence-electron chi connectivity index (χ1n) is 10.5. The zero-order chi connectivity index (χ0) is 17.3. The lowest BCUT2D eigenvalue weighted by molar-refractivity contribution is 0.133. The van der Waals surface area contributed by atoms with Crippen LogP contribution in [0.3, 0.4) is 0 Å². The lowest BCUT2D eigenvalue weighted by Gasteiger charge is -2.43. The van der Waals surface area contributed by atoms with E-state index in [0.29, 0.717) is 0 Å². The number of nitrogens with zero attached hydrogens (tertiary/aromatic N) is 4. The number of hydrogen-bond acceptors (Lipinski definition) is 5. The normalized spacial score (nSPS) is 25.5. The van der Waals surface area contributed by atoms with E-state index in [-0.39, 0.29) is 0 Å².